The van der Waals surface area contributed by atoms with Crippen LogP contribution in [-0.4, -0.2) is 31.5 Å². The summed E-state index contributed by atoms with van der Waals surface area (Å²) in [5.41, 5.74) is 2.95. The lowest BCUT2D eigenvalue weighted by atomic mass is 10.1. The third-order valence-corrected chi connectivity index (χ3v) is 3.52. The summed E-state index contributed by atoms with van der Waals surface area (Å²) in [4.78, 5) is 0. The van der Waals surface area contributed by atoms with Crippen molar-refractivity contribution >= 4 is 0 Å². The van der Waals surface area contributed by atoms with Gasteiger partial charge in [0, 0.05) is 18.7 Å². The van der Waals surface area contributed by atoms with Crippen LogP contribution in [0.15, 0.2) is 6.07 Å². The second kappa shape index (κ2) is 4.70. The van der Waals surface area contributed by atoms with Crippen molar-refractivity contribution in [1.29, 1.82) is 0 Å². The summed E-state index contributed by atoms with van der Waals surface area (Å²) in [6.45, 7) is 7.99. The molecule has 3 rings (SSSR count). The molecule has 0 fully saturated rings. The van der Waals surface area contributed by atoms with Gasteiger partial charge in [-0.05, 0) is 26.3 Å². The standard InChI is InChI=1S/C13H18N6/c1-4-11-10(7-8(2)15-16-11)13-18-17-12-9(3)14-5-6-19(12)13/h7,9,14H,4-6H2,1-3H3. The van der Waals surface area contributed by atoms with Crippen molar-refractivity contribution in [3.05, 3.63) is 23.3 Å². The molecule has 100 valence electrons. The lowest BCUT2D eigenvalue weighted by Gasteiger charge is -2.22. The van der Waals surface area contributed by atoms with Gasteiger partial charge in [0.15, 0.2) is 5.82 Å². The van der Waals surface area contributed by atoms with Gasteiger partial charge in [-0.25, -0.2) is 0 Å². The smallest absolute Gasteiger partial charge is 0.166 e. The van der Waals surface area contributed by atoms with E-state index < -0.39 is 0 Å². The normalized spacial score (nSPS) is 18.4. The van der Waals surface area contributed by atoms with Crippen LogP contribution in [0.3, 0.4) is 0 Å². The fraction of sp³-hybridized carbons (Fsp3) is 0.538. The highest BCUT2D eigenvalue weighted by atomic mass is 15.3. The van der Waals surface area contributed by atoms with Crippen molar-refractivity contribution in [2.45, 2.75) is 39.8 Å². The molecule has 1 unspecified atom stereocenters. The average molecular weight is 258 g/mol. The Morgan fingerprint density at radius 2 is 2.16 bits per heavy atom. The second-order valence-electron chi connectivity index (χ2n) is 4.91. The van der Waals surface area contributed by atoms with Gasteiger partial charge in [0.25, 0.3) is 0 Å². The van der Waals surface area contributed by atoms with E-state index in [1.54, 1.807) is 0 Å². The Bertz CT molecular complexity index is 603. The topological polar surface area (TPSA) is 68.5 Å². The molecule has 0 radical (unpaired) electrons. The summed E-state index contributed by atoms with van der Waals surface area (Å²) in [6, 6.07) is 2.30. The highest BCUT2D eigenvalue weighted by molar-refractivity contribution is 5.59. The Morgan fingerprint density at radius 1 is 1.32 bits per heavy atom. The lowest BCUT2D eigenvalue weighted by Crippen LogP contribution is -2.32. The third kappa shape index (κ3) is 2.02. The maximum absolute atomic E-state index is 4.37. The third-order valence-electron chi connectivity index (χ3n) is 3.52. The Labute approximate surface area is 112 Å². The lowest BCUT2D eigenvalue weighted by molar-refractivity contribution is 0.439. The van der Waals surface area contributed by atoms with Crippen molar-refractivity contribution in [3.8, 4) is 11.4 Å². The summed E-state index contributed by atoms with van der Waals surface area (Å²) in [7, 11) is 0. The molecule has 0 spiro atoms. The first-order valence-electron chi connectivity index (χ1n) is 6.70. The molecule has 6 nitrogen and oxygen atoms in total. The van der Waals surface area contributed by atoms with Crippen LogP contribution in [0.4, 0.5) is 0 Å². The first-order chi connectivity index (χ1) is 9.20. The highest BCUT2D eigenvalue weighted by Gasteiger charge is 2.23. The number of nitrogens with zero attached hydrogens (tertiary/aromatic N) is 5. The number of aryl methyl sites for hydroxylation is 2. The molecule has 19 heavy (non-hydrogen) atoms. The summed E-state index contributed by atoms with van der Waals surface area (Å²) in [5.74, 6) is 1.91. The first-order valence-corrected chi connectivity index (χ1v) is 6.70. The fourth-order valence-electron chi connectivity index (χ4n) is 2.51. The van der Waals surface area contributed by atoms with Crippen molar-refractivity contribution in [1.82, 2.24) is 30.3 Å². The predicted octanol–water partition coefficient (Wildman–Crippen LogP) is 1.27. The van der Waals surface area contributed by atoms with Crippen LogP contribution >= 0.6 is 0 Å². The van der Waals surface area contributed by atoms with E-state index in [1.165, 1.54) is 0 Å². The van der Waals surface area contributed by atoms with Crippen LogP contribution in [0.1, 0.15) is 37.1 Å². The van der Waals surface area contributed by atoms with Crippen molar-refractivity contribution in [2.75, 3.05) is 6.54 Å². The van der Waals surface area contributed by atoms with Crippen molar-refractivity contribution in [2.24, 2.45) is 0 Å². The minimum Gasteiger partial charge on any atom is -0.308 e. The maximum Gasteiger partial charge on any atom is 0.166 e. The van der Waals surface area contributed by atoms with Gasteiger partial charge in [0.2, 0.25) is 0 Å². The van der Waals surface area contributed by atoms with Crippen LogP contribution < -0.4 is 5.32 Å². The summed E-state index contributed by atoms with van der Waals surface area (Å²) < 4.78 is 2.19. The van der Waals surface area contributed by atoms with Crippen LogP contribution in [-0.2, 0) is 13.0 Å². The average Bonchev–Trinajstić information content (AvgIpc) is 2.84. The molecule has 2 aromatic rings. The number of hydrogen-bond acceptors (Lipinski definition) is 5. The van der Waals surface area contributed by atoms with Gasteiger partial charge in [-0.3, -0.25) is 0 Å². The molecule has 3 heterocycles. The molecule has 1 N–H and O–H groups in total. The van der Waals surface area contributed by atoms with Crippen LogP contribution in [0.25, 0.3) is 11.4 Å². The monoisotopic (exact) mass is 258 g/mol. The van der Waals surface area contributed by atoms with E-state index in [-0.39, 0.29) is 6.04 Å². The van der Waals surface area contributed by atoms with Crippen molar-refractivity contribution < 1.29 is 0 Å². The zero-order valence-electron chi connectivity index (χ0n) is 11.5. The molecule has 1 atom stereocenters. The second-order valence-corrected chi connectivity index (χ2v) is 4.91. The Kier molecular flexibility index (Phi) is 3.02. The summed E-state index contributed by atoms with van der Waals surface area (Å²) >= 11 is 0. The van der Waals surface area contributed by atoms with Crippen LogP contribution in [0, 0.1) is 6.92 Å². The molecule has 2 aromatic heterocycles. The highest BCUT2D eigenvalue weighted by Crippen LogP contribution is 2.25. The van der Waals surface area contributed by atoms with Gasteiger partial charge in [0.1, 0.15) is 5.82 Å². The molecule has 0 aliphatic carbocycles. The van der Waals surface area contributed by atoms with Gasteiger partial charge in [-0.2, -0.15) is 10.2 Å². The number of fused-ring (bicyclic) bond motifs is 1. The van der Waals surface area contributed by atoms with Gasteiger partial charge in [-0.15, -0.1) is 10.2 Å². The Balaban J connectivity index is 2.15. The quantitative estimate of drug-likeness (QED) is 0.878. The van der Waals surface area contributed by atoms with E-state index in [0.29, 0.717) is 0 Å². The molecular weight excluding hydrogens is 240 g/mol. The molecule has 0 saturated heterocycles. The van der Waals surface area contributed by atoms with Crippen LogP contribution in [0.5, 0.6) is 0 Å². The Morgan fingerprint density at radius 3 is 2.95 bits per heavy atom. The van der Waals surface area contributed by atoms with Gasteiger partial charge in [0.05, 0.1) is 17.4 Å². The van der Waals surface area contributed by atoms with Crippen LogP contribution in [0.2, 0.25) is 0 Å². The van der Waals surface area contributed by atoms with E-state index in [2.05, 4.69) is 50.2 Å². The maximum atomic E-state index is 4.37. The number of rotatable bonds is 2. The molecule has 1 aliphatic rings. The van der Waals surface area contributed by atoms with E-state index in [0.717, 1.165) is 48.1 Å². The predicted molar refractivity (Wildman–Crippen MR) is 71.6 cm³/mol. The van der Waals surface area contributed by atoms with E-state index in [4.69, 9.17) is 0 Å². The zero-order chi connectivity index (χ0) is 13.4. The van der Waals surface area contributed by atoms with Gasteiger partial charge in [-0.1, -0.05) is 6.92 Å². The molecule has 0 saturated carbocycles. The Hall–Kier alpha value is -1.82. The van der Waals surface area contributed by atoms with Gasteiger partial charge >= 0.3 is 0 Å². The fourth-order valence-corrected chi connectivity index (χ4v) is 2.51. The minimum absolute atomic E-state index is 0.246. The molecule has 0 amide bonds. The van der Waals surface area contributed by atoms with E-state index >= 15 is 0 Å². The summed E-state index contributed by atoms with van der Waals surface area (Å²) in [6.07, 6.45) is 0.846. The number of nitrogens with one attached hydrogen (secondary N) is 1. The first kappa shape index (κ1) is 12.2. The largest absolute Gasteiger partial charge is 0.308 e. The minimum atomic E-state index is 0.246. The molecule has 0 aromatic carbocycles. The van der Waals surface area contributed by atoms with E-state index in [1.807, 2.05) is 6.92 Å². The molecule has 0 bridgehead atoms. The van der Waals surface area contributed by atoms with E-state index in [9.17, 15) is 0 Å². The van der Waals surface area contributed by atoms with Gasteiger partial charge < -0.3 is 9.88 Å². The molecule has 1 aliphatic heterocycles. The molecule has 6 heteroatoms. The SMILES string of the molecule is CCc1nnc(C)cc1-c1nnc2n1CCNC2C. The number of hydrogen-bond donors (Lipinski definition) is 1. The number of aromatic nitrogens is 5. The summed E-state index contributed by atoms with van der Waals surface area (Å²) in [5, 5.41) is 20.5. The van der Waals surface area contributed by atoms with Crippen molar-refractivity contribution in [3.63, 3.8) is 0 Å². The zero-order valence-corrected chi connectivity index (χ0v) is 11.5. The molecular formula is C13H18N6.